The van der Waals surface area contributed by atoms with Crippen LogP contribution in [0.15, 0.2) is 24.5 Å². The summed E-state index contributed by atoms with van der Waals surface area (Å²) in [5, 5.41) is 2.85. The summed E-state index contributed by atoms with van der Waals surface area (Å²) in [6, 6.07) is 3.67. The SMILES string of the molecule is FC(F)(F)C1CNCCN(Cc2ccncc2)C1. The number of hydrogen-bond acceptors (Lipinski definition) is 3. The summed E-state index contributed by atoms with van der Waals surface area (Å²) in [7, 11) is 0. The van der Waals surface area contributed by atoms with E-state index >= 15 is 0 Å². The van der Waals surface area contributed by atoms with Crippen LogP contribution in [-0.2, 0) is 6.54 Å². The quantitative estimate of drug-likeness (QED) is 0.875. The monoisotopic (exact) mass is 259 g/mol. The van der Waals surface area contributed by atoms with Crippen LogP contribution in [0.2, 0.25) is 0 Å². The zero-order valence-electron chi connectivity index (χ0n) is 9.95. The highest BCUT2D eigenvalue weighted by molar-refractivity contribution is 5.09. The smallest absolute Gasteiger partial charge is 0.315 e. The van der Waals surface area contributed by atoms with Gasteiger partial charge >= 0.3 is 6.18 Å². The van der Waals surface area contributed by atoms with Crippen molar-refractivity contribution >= 4 is 0 Å². The van der Waals surface area contributed by atoms with E-state index < -0.39 is 12.1 Å². The van der Waals surface area contributed by atoms with Crippen LogP contribution in [-0.4, -0.2) is 42.2 Å². The van der Waals surface area contributed by atoms with Crippen LogP contribution in [0.5, 0.6) is 0 Å². The Morgan fingerprint density at radius 3 is 2.72 bits per heavy atom. The maximum Gasteiger partial charge on any atom is 0.394 e. The number of halogens is 3. The van der Waals surface area contributed by atoms with Crippen LogP contribution in [0.4, 0.5) is 13.2 Å². The summed E-state index contributed by atoms with van der Waals surface area (Å²) in [4.78, 5) is 5.74. The van der Waals surface area contributed by atoms with Gasteiger partial charge in [-0.15, -0.1) is 0 Å². The van der Waals surface area contributed by atoms with E-state index in [1.807, 2.05) is 17.0 Å². The van der Waals surface area contributed by atoms with Crippen molar-refractivity contribution in [1.29, 1.82) is 0 Å². The molecule has 2 rings (SSSR count). The van der Waals surface area contributed by atoms with E-state index in [1.165, 1.54) is 0 Å². The standard InChI is InChI=1S/C12H16F3N3/c13-12(14,15)11-7-17-5-6-18(9-11)8-10-1-3-16-4-2-10/h1-4,11,17H,5-9H2. The van der Waals surface area contributed by atoms with Gasteiger partial charge in [-0.1, -0.05) is 0 Å². The molecule has 0 aromatic carbocycles. The third kappa shape index (κ3) is 3.68. The van der Waals surface area contributed by atoms with Crippen molar-refractivity contribution in [3.05, 3.63) is 30.1 Å². The van der Waals surface area contributed by atoms with Gasteiger partial charge in [-0.25, -0.2) is 0 Å². The Labute approximate surface area is 104 Å². The van der Waals surface area contributed by atoms with E-state index in [-0.39, 0.29) is 13.1 Å². The summed E-state index contributed by atoms with van der Waals surface area (Å²) in [5.41, 5.74) is 0.993. The Morgan fingerprint density at radius 1 is 1.33 bits per heavy atom. The van der Waals surface area contributed by atoms with E-state index in [4.69, 9.17) is 0 Å². The van der Waals surface area contributed by atoms with Crippen molar-refractivity contribution in [2.24, 2.45) is 5.92 Å². The number of rotatable bonds is 2. The first-order chi connectivity index (χ1) is 8.55. The highest BCUT2D eigenvalue weighted by Gasteiger charge is 2.40. The number of aromatic nitrogens is 1. The largest absolute Gasteiger partial charge is 0.394 e. The normalized spacial score (nSPS) is 22.7. The lowest BCUT2D eigenvalue weighted by Gasteiger charge is -2.25. The number of nitrogens with zero attached hydrogens (tertiary/aromatic N) is 2. The molecular weight excluding hydrogens is 243 g/mol. The minimum absolute atomic E-state index is 0.0103. The van der Waals surface area contributed by atoms with Crippen LogP contribution >= 0.6 is 0 Å². The highest BCUT2D eigenvalue weighted by Crippen LogP contribution is 2.27. The summed E-state index contributed by atoms with van der Waals surface area (Å²) >= 11 is 0. The molecule has 1 aromatic heterocycles. The first-order valence-corrected chi connectivity index (χ1v) is 5.94. The van der Waals surface area contributed by atoms with Crippen molar-refractivity contribution in [3.8, 4) is 0 Å². The maximum absolute atomic E-state index is 12.8. The van der Waals surface area contributed by atoms with Crippen LogP contribution < -0.4 is 5.32 Å². The fourth-order valence-corrected chi connectivity index (χ4v) is 2.09. The molecule has 1 aromatic rings. The maximum atomic E-state index is 12.8. The van der Waals surface area contributed by atoms with Crippen LogP contribution in [0.25, 0.3) is 0 Å². The van der Waals surface area contributed by atoms with E-state index in [9.17, 15) is 13.2 Å². The molecule has 1 N–H and O–H groups in total. The molecule has 100 valence electrons. The summed E-state index contributed by atoms with van der Waals surface area (Å²) < 4.78 is 38.3. The summed E-state index contributed by atoms with van der Waals surface area (Å²) in [5.74, 6) is -1.29. The molecule has 1 aliphatic rings. The van der Waals surface area contributed by atoms with Crippen molar-refractivity contribution < 1.29 is 13.2 Å². The van der Waals surface area contributed by atoms with Gasteiger partial charge in [-0.2, -0.15) is 13.2 Å². The summed E-state index contributed by atoms with van der Waals surface area (Å²) in [6.45, 7) is 1.83. The molecule has 0 bridgehead atoms. The van der Waals surface area contributed by atoms with Gasteiger partial charge in [0, 0.05) is 45.1 Å². The molecule has 1 unspecified atom stereocenters. The van der Waals surface area contributed by atoms with Gasteiger partial charge in [0.15, 0.2) is 0 Å². The Morgan fingerprint density at radius 2 is 2.06 bits per heavy atom. The van der Waals surface area contributed by atoms with Gasteiger partial charge in [-0.3, -0.25) is 9.88 Å². The van der Waals surface area contributed by atoms with Crippen LogP contribution in [0.3, 0.4) is 0 Å². The topological polar surface area (TPSA) is 28.2 Å². The fourth-order valence-electron chi connectivity index (χ4n) is 2.09. The molecule has 0 spiro atoms. The second-order valence-electron chi connectivity index (χ2n) is 4.53. The molecule has 3 nitrogen and oxygen atoms in total. The van der Waals surface area contributed by atoms with E-state index in [0.29, 0.717) is 19.6 Å². The van der Waals surface area contributed by atoms with Gasteiger partial charge in [0.05, 0.1) is 5.92 Å². The number of hydrogen-bond donors (Lipinski definition) is 1. The number of nitrogens with one attached hydrogen (secondary N) is 1. The molecule has 2 heterocycles. The van der Waals surface area contributed by atoms with E-state index in [0.717, 1.165) is 5.56 Å². The van der Waals surface area contributed by atoms with Crippen LogP contribution in [0.1, 0.15) is 5.56 Å². The predicted octanol–water partition coefficient (Wildman–Crippen LogP) is 1.67. The lowest BCUT2D eigenvalue weighted by Crippen LogP contribution is -2.37. The van der Waals surface area contributed by atoms with E-state index in [2.05, 4.69) is 10.3 Å². The first-order valence-electron chi connectivity index (χ1n) is 5.94. The van der Waals surface area contributed by atoms with E-state index in [1.54, 1.807) is 12.4 Å². The predicted molar refractivity (Wildman–Crippen MR) is 61.9 cm³/mol. The van der Waals surface area contributed by atoms with Gasteiger partial charge in [0.2, 0.25) is 0 Å². The minimum atomic E-state index is -4.13. The fraction of sp³-hybridized carbons (Fsp3) is 0.583. The summed E-state index contributed by atoms with van der Waals surface area (Å²) in [6.07, 6.45) is -0.812. The average Bonchev–Trinajstić information content (AvgIpc) is 2.55. The molecule has 6 heteroatoms. The third-order valence-corrected chi connectivity index (χ3v) is 3.09. The molecule has 1 aliphatic heterocycles. The third-order valence-electron chi connectivity index (χ3n) is 3.09. The second kappa shape index (κ2) is 5.67. The van der Waals surface area contributed by atoms with Gasteiger partial charge in [-0.05, 0) is 17.7 Å². The molecule has 0 amide bonds. The van der Waals surface area contributed by atoms with Crippen molar-refractivity contribution in [2.45, 2.75) is 12.7 Å². The molecule has 1 atom stereocenters. The zero-order chi connectivity index (χ0) is 13.0. The average molecular weight is 259 g/mol. The van der Waals surface area contributed by atoms with Crippen molar-refractivity contribution in [1.82, 2.24) is 15.2 Å². The van der Waals surface area contributed by atoms with Crippen molar-refractivity contribution in [2.75, 3.05) is 26.2 Å². The molecule has 1 saturated heterocycles. The first kappa shape index (κ1) is 13.3. The Bertz CT molecular complexity index is 367. The Balaban J connectivity index is 1.99. The van der Waals surface area contributed by atoms with Gasteiger partial charge in [0.25, 0.3) is 0 Å². The second-order valence-corrected chi connectivity index (χ2v) is 4.53. The lowest BCUT2D eigenvalue weighted by atomic mass is 10.1. The molecule has 18 heavy (non-hydrogen) atoms. The zero-order valence-corrected chi connectivity index (χ0v) is 9.95. The molecule has 1 fully saturated rings. The number of pyridine rings is 1. The minimum Gasteiger partial charge on any atom is -0.315 e. The van der Waals surface area contributed by atoms with Crippen molar-refractivity contribution in [3.63, 3.8) is 0 Å². The molecule has 0 radical (unpaired) electrons. The molecule has 0 aliphatic carbocycles. The van der Waals surface area contributed by atoms with Crippen LogP contribution in [0, 0.1) is 5.92 Å². The highest BCUT2D eigenvalue weighted by atomic mass is 19.4. The number of alkyl halides is 3. The Kier molecular flexibility index (Phi) is 4.19. The lowest BCUT2D eigenvalue weighted by molar-refractivity contribution is -0.176. The Hall–Kier alpha value is -1.14. The molecule has 0 saturated carbocycles. The van der Waals surface area contributed by atoms with Gasteiger partial charge in [0.1, 0.15) is 0 Å². The van der Waals surface area contributed by atoms with Gasteiger partial charge < -0.3 is 5.32 Å². The molecular formula is C12H16F3N3.